The first-order chi connectivity index (χ1) is 12.7. The predicted octanol–water partition coefficient (Wildman–Crippen LogP) is 3.26. The van der Waals surface area contributed by atoms with Crippen LogP contribution in [-0.4, -0.2) is 50.7 Å². The Hall–Kier alpha value is -2.10. The first-order valence-corrected chi connectivity index (χ1v) is 9.72. The number of ether oxygens (including phenoxy) is 1. The average molecular weight is 400 g/mol. The molecule has 146 valence electrons. The molecule has 0 bridgehead atoms. The van der Waals surface area contributed by atoms with E-state index in [1.54, 1.807) is 0 Å². The second-order valence-corrected chi connectivity index (χ2v) is 8.21. The number of halogens is 3. The van der Waals surface area contributed by atoms with Crippen molar-refractivity contribution in [2.24, 2.45) is 0 Å². The van der Waals surface area contributed by atoms with E-state index in [9.17, 15) is 21.6 Å². The molecule has 3 rings (SSSR count). The summed E-state index contributed by atoms with van der Waals surface area (Å²) >= 11 is 0. The highest BCUT2D eigenvalue weighted by atomic mass is 32.2. The summed E-state index contributed by atoms with van der Waals surface area (Å²) in [5, 5.41) is 0. The van der Waals surface area contributed by atoms with Crippen molar-refractivity contribution in [3.05, 3.63) is 60.2 Å². The number of likely N-dealkylation sites (N-methyl/N-ethyl adjacent to an activating group) is 1. The van der Waals surface area contributed by atoms with Gasteiger partial charge in [-0.1, -0.05) is 30.3 Å². The fourth-order valence-corrected chi connectivity index (χ4v) is 4.68. The molecule has 0 radical (unpaired) electrons. The predicted molar refractivity (Wildman–Crippen MR) is 93.7 cm³/mol. The third kappa shape index (κ3) is 4.60. The molecule has 9 heteroatoms. The van der Waals surface area contributed by atoms with E-state index in [1.165, 1.54) is 4.31 Å². The van der Waals surface area contributed by atoms with Gasteiger partial charge in [-0.15, -0.1) is 13.2 Å². The molecule has 0 amide bonds. The molecule has 0 saturated carbocycles. The van der Waals surface area contributed by atoms with Crippen molar-refractivity contribution < 1.29 is 26.3 Å². The SMILES string of the molecule is CN1CCN(S(=O)(=O)c2ccc(OC(F)(F)F)cc2)C(c2ccccc2)C1. The number of rotatable bonds is 4. The second-order valence-electron chi connectivity index (χ2n) is 6.32. The summed E-state index contributed by atoms with van der Waals surface area (Å²) in [6.45, 7) is 1.38. The highest BCUT2D eigenvalue weighted by Gasteiger charge is 2.36. The zero-order valence-corrected chi connectivity index (χ0v) is 15.4. The van der Waals surface area contributed by atoms with Crippen LogP contribution in [0.3, 0.4) is 0 Å². The van der Waals surface area contributed by atoms with Gasteiger partial charge in [0.1, 0.15) is 5.75 Å². The third-order valence-corrected chi connectivity index (χ3v) is 6.30. The van der Waals surface area contributed by atoms with Crippen LogP contribution >= 0.6 is 0 Å². The number of nitrogens with zero attached hydrogens (tertiary/aromatic N) is 2. The zero-order valence-electron chi connectivity index (χ0n) is 14.6. The molecule has 0 N–H and O–H groups in total. The van der Waals surface area contributed by atoms with Crippen LogP contribution in [0.1, 0.15) is 11.6 Å². The minimum absolute atomic E-state index is 0.0671. The average Bonchev–Trinajstić information content (AvgIpc) is 2.61. The summed E-state index contributed by atoms with van der Waals surface area (Å²) in [5.74, 6) is -0.459. The number of sulfonamides is 1. The van der Waals surface area contributed by atoms with Gasteiger partial charge in [-0.25, -0.2) is 8.42 Å². The third-order valence-electron chi connectivity index (χ3n) is 4.38. The molecule has 1 aliphatic rings. The van der Waals surface area contributed by atoms with Gasteiger partial charge in [-0.05, 0) is 36.9 Å². The van der Waals surface area contributed by atoms with Crippen molar-refractivity contribution in [2.45, 2.75) is 17.3 Å². The zero-order chi connectivity index (χ0) is 19.7. The van der Waals surface area contributed by atoms with Crippen LogP contribution in [0.15, 0.2) is 59.5 Å². The van der Waals surface area contributed by atoms with Crippen LogP contribution < -0.4 is 4.74 Å². The Labute approximate surface area is 156 Å². The standard InChI is InChI=1S/C18H19F3N2O3S/c1-22-11-12-23(17(13-22)14-5-3-2-4-6-14)27(24,25)16-9-7-15(8-10-16)26-18(19,20)21/h2-10,17H,11-13H2,1H3. The first kappa shape index (κ1) is 19.7. The summed E-state index contributed by atoms with van der Waals surface area (Å²) in [6, 6.07) is 13.2. The molecule has 0 spiro atoms. The van der Waals surface area contributed by atoms with Crippen molar-refractivity contribution >= 4 is 10.0 Å². The van der Waals surface area contributed by atoms with Gasteiger partial charge >= 0.3 is 6.36 Å². The first-order valence-electron chi connectivity index (χ1n) is 8.28. The van der Waals surface area contributed by atoms with Gasteiger partial charge in [-0.2, -0.15) is 4.31 Å². The summed E-state index contributed by atoms with van der Waals surface area (Å²) in [6.07, 6.45) is -4.82. The maximum absolute atomic E-state index is 13.1. The molecule has 2 aromatic rings. The lowest BCUT2D eigenvalue weighted by Gasteiger charge is -2.39. The number of piperazine rings is 1. The van der Waals surface area contributed by atoms with Crippen LogP contribution in [0.2, 0.25) is 0 Å². The van der Waals surface area contributed by atoms with E-state index < -0.39 is 22.1 Å². The number of hydrogen-bond acceptors (Lipinski definition) is 4. The Morgan fingerprint density at radius 1 is 1.00 bits per heavy atom. The molecular weight excluding hydrogens is 381 g/mol. The Bertz CT molecular complexity index is 871. The van der Waals surface area contributed by atoms with Crippen molar-refractivity contribution in [3.8, 4) is 5.75 Å². The molecule has 0 aliphatic carbocycles. The van der Waals surface area contributed by atoms with Gasteiger partial charge in [-0.3, -0.25) is 0 Å². The van der Waals surface area contributed by atoms with Crippen molar-refractivity contribution in [1.29, 1.82) is 0 Å². The van der Waals surface area contributed by atoms with E-state index in [2.05, 4.69) is 4.74 Å². The van der Waals surface area contributed by atoms with Gasteiger partial charge in [0.05, 0.1) is 10.9 Å². The largest absolute Gasteiger partial charge is 0.573 e. The Morgan fingerprint density at radius 3 is 2.22 bits per heavy atom. The lowest BCUT2D eigenvalue weighted by atomic mass is 10.1. The number of benzene rings is 2. The van der Waals surface area contributed by atoms with Crippen molar-refractivity contribution in [1.82, 2.24) is 9.21 Å². The Morgan fingerprint density at radius 2 is 1.63 bits per heavy atom. The smallest absolute Gasteiger partial charge is 0.406 e. The molecule has 2 aromatic carbocycles. The van der Waals surface area contributed by atoms with Gasteiger partial charge in [0.15, 0.2) is 0 Å². The van der Waals surface area contributed by atoms with Crippen LogP contribution in [0.5, 0.6) is 5.75 Å². The number of hydrogen-bond donors (Lipinski definition) is 0. The quantitative estimate of drug-likeness (QED) is 0.791. The summed E-state index contributed by atoms with van der Waals surface area (Å²) in [4.78, 5) is 1.98. The maximum atomic E-state index is 13.1. The van der Waals surface area contributed by atoms with Crippen LogP contribution in [0, 0.1) is 0 Å². The second kappa shape index (κ2) is 7.49. The fourth-order valence-electron chi connectivity index (χ4n) is 3.09. The number of alkyl halides is 3. The molecule has 1 saturated heterocycles. The highest BCUT2D eigenvalue weighted by molar-refractivity contribution is 7.89. The summed E-state index contributed by atoms with van der Waals surface area (Å²) < 4.78 is 68.3. The van der Waals surface area contributed by atoms with E-state index >= 15 is 0 Å². The lowest BCUT2D eigenvalue weighted by Crippen LogP contribution is -2.49. The molecule has 1 aliphatic heterocycles. The molecule has 1 atom stereocenters. The topological polar surface area (TPSA) is 49.9 Å². The fraction of sp³-hybridized carbons (Fsp3) is 0.333. The van der Waals surface area contributed by atoms with E-state index in [0.717, 1.165) is 29.8 Å². The minimum atomic E-state index is -4.82. The van der Waals surface area contributed by atoms with E-state index in [0.29, 0.717) is 19.6 Å². The van der Waals surface area contributed by atoms with Crippen LogP contribution in [0.25, 0.3) is 0 Å². The monoisotopic (exact) mass is 400 g/mol. The maximum Gasteiger partial charge on any atom is 0.573 e. The van der Waals surface area contributed by atoms with Gasteiger partial charge in [0, 0.05) is 19.6 Å². The molecule has 0 aromatic heterocycles. The molecule has 1 fully saturated rings. The van der Waals surface area contributed by atoms with Crippen molar-refractivity contribution in [2.75, 3.05) is 26.7 Å². The molecule has 1 heterocycles. The molecule has 27 heavy (non-hydrogen) atoms. The van der Waals surface area contributed by atoms with Gasteiger partial charge in [0.2, 0.25) is 10.0 Å². The Balaban J connectivity index is 1.90. The van der Waals surface area contributed by atoms with Crippen LogP contribution in [0.4, 0.5) is 13.2 Å². The van der Waals surface area contributed by atoms with Gasteiger partial charge in [0.25, 0.3) is 0 Å². The molecular formula is C18H19F3N2O3S. The van der Waals surface area contributed by atoms with E-state index in [1.807, 2.05) is 42.3 Å². The minimum Gasteiger partial charge on any atom is -0.406 e. The highest BCUT2D eigenvalue weighted by Crippen LogP contribution is 2.32. The van der Waals surface area contributed by atoms with E-state index in [4.69, 9.17) is 0 Å². The van der Waals surface area contributed by atoms with Crippen LogP contribution in [-0.2, 0) is 10.0 Å². The van der Waals surface area contributed by atoms with Crippen molar-refractivity contribution in [3.63, 3.8) is 0 Å². The molecule has 1 unspecified atom stereocenters. The Kier molecular flexibility index (Phi) is 5.45. The van der Waals surface area contributed by atoms with Gasteiger partial charge < -0.3 is 9.64 Å². The normalized spacial score (nSPS) is 19.8. The summed E-state index contributed by atoms with van der Waals surface area (Å²) in [5.41, 5.74) is 0.865. The lowest BCUT2D eigenvalue weighted by molar-refractivity contribution is -0.274. The summed E-state index contributed by atoms with van der Waals surface area (Å²) in [7, 11) is -1.95. The molecule has 5 nitrogen and oxygen atoms in total. The van der Waals surface area contributed by atoms with E-state index in [-0.39, 0.29) is 10.9 Å².